The molecule has 46 heavy (non-hydrogen) atoms. The molecular weight excluding hydrogens is 578 g/mol. The molecule has 4 rings (SSSR count). The Bertz CT molecular complexity index is 1400. The highest BCUT2D eigenvalue weighted by atomic mass is 16.5. The second kappa shape index (κ2) is 16.9. The number of ether oxygens (including phenoxy) is 1. The predicted molar refractivity (Wildman–Crippen MR) is 180 cm³/mol. The predicted octanol–water partition coefficient (Wildman–Crippen LogP) is 4.83. The Morgan fingerprint density at radius 2 is 1.37 bits per heavy atom. The summed E-state index contributed by atoms with van der Waals surface area (Å²) in [6.07, 6.45) is 2.64. The molecule has 3 amide bonds. The van der Waals surface area contributed by atoms with Gasteiger partial charge in [-0.1, -0.05) is 92.7 Å². The summed E-state index contributed by atoms with van der Waals surface area (Å²) in [4.78, 5) is 39.4. The van der Waals surface area contributed by atoms with Crippen molar-refractivity contribution in [3.63, 3.8) is 0 Å². The zero-order valence-corrected chi connectivity index (χ0v) is 27.5. The van der Waals surface area contributed by atoms with Gasteiger partial charge in [-0.15, -0.1) is 0 Å². The Hall–Kier alpha value is -4.17. The topological polar surface area (TPSA) is 117 Å². The van der Waals surface area contributed by atoms with E-state index in [9.17, 15) is 19.5 Å². The average Bonchev–Trinajstić information content (AvgIpc) is 3.84. The van der Waals surface area contributed by atoms with E-state index in [1.54, 1.807) is 0 Å². The molecule has 3 aromatic carbocycles. The standard InChI is InChI=1S/C38H49N3O5/c1-25(2)36(41-34(43)22-30-18-19-30)38(45)39-31(20-28-14-7-5-8-15-28)23-33(42)32(21-29-16-9-6-10-17-29)40-35(44)24-46-37-26(3)12-11-13-27(37)4/h5-17,25,30-33,36,42H,18-24H2,1-4H3,(H,39,45)(H,40,44)(H,41,43)/t31-,32-,33-,36-/m0/s1. The van der Waals surface area contributed by atoms with Crippen molar-refractivity contribution in [2.75, 3.05) is 6.61 Å². The summed E-state index contributed by atoms with van der Waals surface area (Å²) in [6.45, 7) is 7.51. The summed E-state index contributed by atoms with van der Waals surface area (Å²) >= 11 is 0. The third kappa shape index (κ3) is 11.0. The van der Waals surface area contributed by atoms with Crippen LogP contribution in [0.4, 0.5) is 0 Å². The molecule has 1 aliphatic rings. The van der Waals surface area contributed by atoms with E-state index >= 15 is 0 Å². The van der Waals surface area contributed by atoms with Gasteiger partial charge in [0.2, 0.25) is 11.8 Å². The van der Waals surface area contributed by atoms with Gasteiger partial charge in [0.25, 0.3) is 5.91 Å². The van der Waals surface area contributed by atoms with Crippen LogP contribution in [0.25, 0.3) is 0 Å². The molecule has 0 radical (unpaired) electrons. The number of rotatable bonds is 17. The number of aliphatic hydroxyl groups excluding tert-OH is 1. The number of hydrogen-bond donors (Lipinski definition) is 4. The lowest BCUT2D eigenvalue weighted by Crippen LogP contribution is -2.54. The molecule has 0 aromatic heterocycles. The molecule has 1 fully saturated rings. The molecule has 8 nitrogen and oxygen atoms in total. The SMILES string of the molecule is Cc1cccc(C)c1OCC(=O)N[C@@H](Cc1ccccc1)[C@@H](O)C[C@H](Cc1ccccc1)NC(=O)[C@@H](NC(=O)CC1CC1)C(C)C. The summed E-state index contributed by atoms with van der Waals surface area (Å²) in [7, 11) is 0. The third-order valence-corrected chi connectivity index (χ3v) is 8.50. The fourth-order valence-electron chi connectivity index (χ4n) is 5.75. The molecule has 1 aliphatic carbocycles. The highest BCUT2D eigenvalue weighted by Crippen LogP contribution is 2.32. The number of aryl methyl sites for hydroxylation is 2. The number of para-hydroxylation sites is 1. The maximum Gasteiger partial charge on any atom is 0.258 e. The number of benzene rings is 3. The van der Waals surface area contributed by atoms with Gasteiger partial charge >= 0.3 is 0 Å². The second-order valence-electron chi connectivity index (χ2n) is 13.0. The lowest BCUT2D eigenvalue weighted by molar-refractivity contribution is -0.130. The molecule has 1 saturated carbocycles. The minimum absolute atomic E-state index is 0.107. The van der Waals surface area contributed by atoms with E-state index in [4.69, 9.17) is 4.74 Å². The first-order chi connectivity index (χ1) is 22.1. The van der Waals surface area contributed by atoms with Crippen molar-refractivity contribution in [1.29, 1.82) is 0 Å². The Morgan fingerprint density at radius 3 is 1.93 bits per heavy atom. The summed E-state index contributed by atoms with van der Waals surface area (Å²) in [5, 5.41) is 20.8. The molecule has 0 heterocycles. The largest absolute Gasteiger partial charge is 0.483 e. The van der Waals surface area contributed by atoms with Crippen LogP contribution >= 0.6 is 0 Å². The smallest absolute Gasteiger partial charge is 0.258 e. The third-order valence-electron chi connectivity index (χ3n) is 8.50. The van der Waals surface area contributed by atoms with E-state index in [0.717, 1.165) is 35.1 Å². The van der Waals surface area contributed by atoms with Crippen LogP contribution < -0.4 is 20.7 Å². The maximum atomic E-state index is 13.6. The molecule has 0 unspecified atom stereocenters. The Morgan fingerprint density at radius 1 is 0.783 bits per heavy atom. The van der Waals surface area contributed by atoms with Crippen LogP contribution in [-0.2, 0) is 27.2 Å². The fourth-order valence-corrected chi connectivity index (χ4v) is 5.75. The van der Waals surface area contributed by atoms with Gasteiger partial charge in [-0.05, 0) is 80.0 Å². The van der Waals surface area contributed by atoms with E-state index in [0.29, 0.717) is 30.9 Å². The van der Waals surface area contributed by atoms with Crippen molar-refractivity contribution >= 4 is 17.7 Å². The molecule has 0 aliphatic heterocycles. The summed E-state index contributed by atoms with van der Waals surface area (Å²) in [5.41, 5.74) is 3.85. The minimum atomic E-state index is -0.986. The van der Waals surface area contributed by atoms with E-state index in [1.807, 2.05) is 107 Å². The van der Waals surface area contributed by atoms with E-state index < -0.39 is 24.2 Å². The van der Waals surface area contributed by atoms with E-state index in [1.165, 1.54) is 0 Å². The fraction of sp³-hybridized carbons (Fsp3) is 0.447. The van der Waals surface area contributed by atoms with E-state index in [2.05, 4.69) is 16.0 Å². The first-order valence-electron chi connectivity index (χ1n) is 16.4. The highest BCUT2D eigenvalue weighted by Gasteiger charge is 2.31. The van der Waals surface area contributed by atoms with Crippen LogP contribution in [0.5, 0.6) is 5.75 Å². The van der Waals surface area contributed by atoms with Crippen molar-refractivity contribution in [3.8, 4) is 5.75 Å². The molecule has 3 aromatic rings. The van der Waals surface area contributed by atoms with Crippen LogP contribution in [0.15, 0.2) is 78.9 Å². The van der Waals surface area contributed by atoms with Gasteiger partial charge in [0.15, 0.2) is 6.61 Å². The van der Waals surface area contributed by atoms with Crippen molar-refractivity contribution in [1.82, 2.24) is 16.0 Å². The lowest BCUT2D eigenvalue weighted by atomic mass is 9.93. The van der Waals surface area contributed by atoms with Gasteiger partial charge in [-0.2, -0.15) is 0 Å². The van der Waals surface area contributed by atoms with Gasteiger partial charge in [0, 0.05) is 12.5 Å². The second-order valence-corrected chi connectivity index (χ2v) is 13.0. The normalized spacial score (nSPS) is 15.3. The van der Waals surface area contributed by atoms with Crippen molar-refractivity contribution in [3.05, 3.63) is 101 Å². The molecule has 4 N–H and O–H groups in total. The zero-order chi connectivity index (χ0) is 33.1. The number of carbonyl (C=O) groups is 3. The zero-order valence-electron chi connectivity index (χ0n) is 27.5. The summed E-state index contributed by atoms with van der Waals surface area (Å²) < 4.78 is 5.90. The first-order valence-corrected chi connectivity index (χ1v) is 16.4. The Balaban J connectivity index is 1.48. The van der Waals surface area contributed by atoms with E-state index in [-0.39, 0.29) is 36.7 Å². The number of hydrogen-bond acceptors (Lipinski definition) is 5. The van der Waals surface area contributed by atoms with Crippen LogP contribution in [0.2, 0.25) is 0 Å². The molecular formula is C38H49N3O5. The lowest BCUT2D eigenvalue weighted by Gasteiger charge is -2.30. The monoisotopic (exact) mass is 627 g/mol. The Kier molecular flexibility index (Phi) is 12.8. The molecule has 8 heteroatoms. The van der Waals surface area contributed by atoms with Crippen molar-refractivity contribution < 1.29 is 24.2 Å². The molecule has 0 bridgehead atoms. The maximum absolute atomic E-state index is 13.6. The average molecular weight is 628 g/mol. The van der Waals surface area contributed by atoms with Crippen LogP contribution in [-0.4, -0.2) is 53.7 Å². The quantitative estimate of drug-likeness (QED) is 0.171. The minimum Gasteiger partial charge on any atom is -0.483 e. The molecule has 0 saturated heterocycles. The highest BCUT2D eigenvalue weighted by molar-refractivity contribution is 5.88. The number of carbonyl (C=O) groups excluding carboxylic acids is 3. The number of amides is 3. The summed E-state index contributed by atoms with van der Waals surface area (Å²) in [6, 6.07) is 23.5. The molecule has 4 atom stereocenters. The summed E-state index contributed by atoms with van der Waals surface area (Å²) in [5.74, 6) is 0.242. The molecule has 246 valence electrons. The molecule has 0 spiro atoms. The Labute approximate surface area is 273 Å². The van der Waals surface area contributed by atoms with Crippen molar-refractivity contribution in [2.45, 2.75) is 90.4 Å². The van der Waals surface area contributed by atoms with Gasteiger partial charge < -0.3 is 25.8 Å². The van der Waals surface area contributed by atoms with Crippen LogP contribution in [0.1, 0.15) is 61.8 Å². The van der Waals surface area contributed by atoms with Crippen LogP contribution in [0.3, 0.4) is 0 Å². The van der Waals surface area contributed by atoms with Gasteiger partial charge in [-0.25, -0.2) is 0 Å². The van der Waals surface area contributed by atoms with Gasteiger partial charge in [0.05, 0.1) is 12.1 Å². The van der Waals surface area contributed by atoms with Gasteiger partial charge in [0.1, 0.15) is 11.8 Å². The number of nitrogens with one attached hydrogen (secondary N) is 3. The first kappa shape index (κ1) is 34.7. The van der Waals surface area contributed by atoms with Crippen LogP contribution in [0, 0.1) is 25.7 Å². The van der Waals surface area contributed by atoms with Gasteiger partial charge in [-0.3, -0.25) is 14.4 Å². The number of aliphatic hydroxyl groups is 1. The van der Waals surface area contributed by atoms with Crippen molar-refractivity contribution in [2.24, 2.45) is 11.8 Å².